The van der Waals surface area contributed by atoms with Gasteiger partial charge in [0.25, 0.3) is 0 Å². The Morgan fingerprint density at radius 2 is 1.68 bits per heavy atom. The fourth-order valence-corrected chi connectivity index (χ4v) is 3.84. The summed E-state index contributed by atoms with van der Waals surface area (Å²) in [4.78, 5) is 38.4. The molecule has 0 saturated carbocycles. The Balaban J connectivity index is 1.79. The lowest BCUT2D eigenvalue weighted by Crippen LogP contribution is -2.23. The fraction of sp³-hybridized carbons (Fsp3) is 0.0909. The summed E-state index contributed by atoms with van der Waals surface area (Å²) in [5, 5.41) is 29.9. The molecule has 1 unspecified atom stereocenters. The first-order valence-corrected chi connectivity index (χ1v) is 9.94. The molecule has 0 saturated heterocycles. The number of anilines is 1. The molecule has 3 rings (SSSR count). The van der Waals surface area contributed by atoms with Crippen LogP contribution in [0, 0.1) is 11.3 Å². The maximum atomic E-state index is 12.7. The van der Waals surface area contributed by atoms with E-state index in [2.05, 4.69) is 16.4 Å². The van der Waals surface area contributed by atoms with Crippen molar-refractivity contribution in [3.8, 4) is 17.2 Å². The van der Waals surface area contributed by atoms with Gasteiger partial charge in [-0.05, 0) is 30.7 Å². The Morgan fingerprint density at radius 3 is 2.23 bits per heavy atom. The molecule has 0 spiro atoms. The molecule has 0 bridgehead atoms. The number of carboxylic acid groups (broad SMARTS) is 2. The molecule has 1 heterocycles. The average Bonchev–Trinajstić information content (AvgIpc) is 3.16. The lowest BCUT2D eigenvalue weighted by molar-refractivity contribution is -0.115. The molecule has 9 heteroatoms. The van der Waals surface area contributed by atoms with Crippen LogP contribution in [-0.2, 0) is 4.79 Å². The van der Waals surface area contributed by atoms with E-state index in [0.717, 1.165) is 23.4 Å². The standard InChI is InChI=1S/C22H17N3O5S/c1-12(31-16-8-14(21(27)28)7-15(9-16)22(29)30)20(26)25-19-17(10-23)18(11-24-19)13-5-3-2-4-6-13/h2-9,11-12,24H,1H3,(H,25,26)(H,27,28)(H,29,30). The summed E-state index contributed by atoms with van der Waals surface area (Å²) in [5.74, 6) is -2.70. The fourth-order valence-electron chi connectivity index (χ4n) is 2.88. The van der Waals surface area contributed by atoms with Gasteiger partial charge in [0.1, 0.15) is 17.5 Å². The predicted molar refractivity (Wildman–Crippen MR) is 115 cm³/mol. The smallest absolute Gasteiger partial charge is 0.335 e. The SMILES string of the molecule is CC(Sc1cc(C(=O)O)cc(C(=O)O)c1)C(=O)Nc1[nH]cc(-c2ccccc2)c1C#N. The summed E-state index contributed by atoms with van der Waals surface area (Å²) >= 11 is 1.02. The van der Waals surface area contributed by atoms with Gasteiger partial charge in [-0.3, -0.25) is 4.79 Å². The maximum absolute atomic E-state index is 12.7. The summed E-state index contributed by atoms with van der Waals surface area (Å²) in [6.45, 7) is 1.60. The van der Waals surface area contributed by atoms with Crippen molar-refractivity contribution in [2.75, 3.05) is 5.32 Å². The first-order chi connectivity index (χ1) is 14.8. The Bertz CT molecular complexity index is 1170. The van der Waals surface area contributed by atoms with Crippen LogP contribution in [0.1, 0.15) is 33.2 Å². The van der Waals surface area contributed by atoms with Crippen LogP contribution in [0.3, 0.4) is 0 Å². The lowest BCUT2D eigenvalue weighted by Gasteiger charge is -2.12. The van der Waals surface area contributed by atoms with Crippen molar-refractivity contribution < 1.29 is 24.6 Å². The number of thioether (sulfide) groups is 1. The number of aromatic carboxylic acids is 2. The van der Waals surface area contributed by atoms with Crippen LogP contribution in [0.25, 0.3) is 11.1 Å². The summed E-state index contributed by atoms with van der Waals surface area (Å²) in [6, 6.07) is 15.0. The summed E-state index contributed by atoms with van der Waals surface area (Å²) in [6.07, 6.45) is 1.64. The Kier molecular flexibility index (Phi) is 6.43. The quantitative estimate of drug-likeness (QED) is 0.410. The molecular formula is C22H17N3O5S. The number of carbonyl (C=O) groups excluding carboxylic acids is 1. The Morgan fingerprint density at radius 1 is 1.06 bits per heavy atom. The van der Waals surface area contributed by atoms with Gasteiger partial charge >= 0.3 is 11.9 Å². The van der Waals surface area contributed by atoms with Crippen molar-refractivity contribution in [3.63, 3.8) is 0 Å². The first-order valence-electron chi connectivity index (χ1n) is 9.06. The van der Waals surface area contributed by atoms with Gasteiger partial charge in [-0.1, -0.05) is 30.3 Å². The summed E-state index contributed by atoms with van der Waals surface area (Å²) < 4.78 is 0. The van der Waals surface area contributed by atoms with Crippen LogP contribution in [0.2, 0.25) is 0 Å². The monoisotopic (exact) mass is 435 g/mol. The van der Waals surface area contributed by atoms with Gasteiger partial charge in [0.2, 0.25) is 5.91 Å². The molecule has 1 amide bonds. The minimum absolute atomic E-state index is 0.182. The molecule has 2 aromatic carbocycles. The Labute approximate surface area is 181 Å². The third-order valence-corrected chi connectivity index (χ3v) is 5.48. The van der Waals surface area contributed by atoms with Gasteiger partial charge in [0, 0.05) is 16.7 Å². The van der Waals surface area contributed by atoms with Crippen LogP contribution < -0.4 is 5.32 Å². The van der Waals surface area contributed by atoms with E-state index < -0.39 is 23.1 Å². The number of carbonyl (C=O) groups is 3. The van der Waals surface area contributed by atoms with Crippen molar-refractivity contribution in [2.45, 2.75) is 17.1 Å². The number of nitriles is 1. The second kappa shape index (κ2) is 9.19. The number of aromatic nitrogens is 1. The van der Waals surface area contributed by atoms with Gasteiger partial charge in [-0.15, -0.1) is 11.8 Å². The van der Waals surface area contributed by atoms with E-state index in [9.17, 15) is 29.9 Å². The van der Waals surface area contributed by atoms with Crippen molar-refractivity contribution in [1.29, 1.82) is 5.26 Å². The highest BCUT2D eigenvalue weighted by molar-refractivity contribution is 8.00. The van der Waals surface area contributed by atoms with Crippen LogP contribution in [0.4, 0.5) is 5.82 Å². The number of aromatic amines is 1. The largest absolute Gasteiger partial charge is 0.478 e. The zero-order valence-electron chi connectivity index (χ0n) is 16.2. The minimum Gasteiger partial charge on any atom is -0.478 e. The lowest BCUT2D eigenvalue weighted by atomic mass is 10.1. The van der Waals surface area contributed by atoms with Crippen LogP contribution >= 0.6 is 11.8 Å². The number of carboxylic acids is 2. The van der Waals surface area contributed by atoms with Crippen LogP contribution in [-0.4, -0.2) is 38.3 Å². The second-order valence-electron chi connectivity index (χ2n) is 6.54. The number of amides is 1. The molecule has 0 aliphatic heterocycles. The molecule has 3 aromatic rings. The highest BCUT2D eigenvalue weighted by Gasteiger charge is 2.21. The van der Waals surface area contributed by atoms with Crippen molar-refractivity contribution >= 4 is 35.4 Å². The number of rotatable bonds is 7. The molecule has 0 fully saturated rings. The van der Waals surface area contributed by atoms with Crippen molar-refractivity contribution in [2.24, 2.45) is 0 Å². The predicted octanol–water partition coefficient (Wildman–Crippen LogP) is 4.07. The molecule has 156 valence electrons. The third-order valence-electron chi connectivity index (χ3n) is 4.41. The molecule has 0 radical (unpaired) electrons. The molecular weight excluding hydrogens is 418 g/mol. The van der Waals surface area contributed by atoms with Crippen molar-refractivity contribution in [1.82, 2.24) is 4.98 Å². The maximum Gasteiger partial charge on any atom is 0.335 e. The van der Waals surface area contributed by atoms with Gasteiger partial charge in [-0.25, -0.2) is 9.59 Å². The summed E-state index contributed by atoms with van der Waals surface area (Å²) in [5.41, 5.74) is 1.40. The number of nitrogens with zero attached hydrogens (tertiary/aromatic N) is 1. The second-order valence-corrected chi connectivity index (χ2v) is 7.95. The van der Waals surface area contributed by atoms with Crippen molar-refractivity contribution in [3.05, 3.63) is 71.4 Å². The van der Waals surface area contributed by atoms with E-state index in [1.165, 1.54) is 12.1 Å². The molecule has 1 atom stereocenters. The van der Waals surface area contributed by atoms with E-state index in [1.807, 2.05) is 30.3 Å². The topological polar surface area (TPSA) is 143 Å². The molecule has 4 N–H and O–H groups in total. The van der Waals surface area contributed by atoms with Gasteiger partial charge in [0.15, 0.2) is 0 Å². The highest BCUT2D eigenvalue weighted by Crippen LogP contribution is 2.30. The number of hydrogen-bond donors (Lipinski definition) is 4. The molecule has 8 nitrogen and oxygen atoms in total. The highest BCUT2D eigenvalue weighted by atomic mass is 32.2. The molecule has 31 heavy (non-hydrogen) atoms. The Hall–Kier alpha value is -4.03. The number of nitrogens with one attached hydrogen (secondary N) is 2. The molecule has 0 aliphatic carbocycles. The van der Waals surface area contributed by atoms with Crippen LogP contribution in [0.15, 0.2) is 59.6 Å². The van der Waals surface area contributed by atoms with E-state index in [0.29, 0.717) is 10.5 Å². The average molecular weight is 435 g/mol. The van der Waals surface area contributed by atoms with E-state index in [1.54, 1.807) is 13.1 Å². The number of hydrogen-bond acceptors (Lipinski definition) is 5. The molecule has 1 aromatic heterocycles. The van der Waals surface area contributed by atoms with Gasteiger partial charge in [-0.2, -0.15) is 5.26 Å². The van der Waals surface area contributed by atoms with E-state index in [4.69, 9.17) is 0 Å². The van der Waals surface area contributed by atoms with E-state index in [-0.39, 0.29) is 22.5 Å². The summed E-state index contributed by atoms with van der Waals surface area (Å²) in [7, 11) is 0. The zero-order chi connectivity index (χ0) is 22.5. The number of benzene rings is 2. The zero-order valence-corrected chi connectivity index (χ0v) is 17.1. The first kappa shape index (κ1) is 21.7. The van der Waals surface area contributed by atoms with E-state index >= 15 is 0 Å². The number of H-pyrrole nitrogens is 1. The van der Waals surface area contributed by atoms with Crippen LogP contribution in [0.5, 0.6) is 0 Å². The van der Waals surface area contributed by atoms with Gasteiger partial charge in [0.05, 0.1) is 16.4 Å². The molecule has 0 aliphatic rings. The van der Waals surface area contributed by atoms with Gasteiger partial charge < -0.3 is 20.5 Å². The normalized spacial score (nSPS) is 11.4. The third kappa shape index (κ3) is 4.94. The minimum atomic E-state index is -1.26.